The fourth-order valence-corrected chi connectivity index (χ4v) is 2.07. The fraction of sp³-hybridized carbons (Fsp3) is 0.294. The molecule has 2 aromatic carbocycles. The molecule has 0 aliphatic heterocycles. The lowest BCUT2D eigenvalue weighted by Gasteiger charge is -2.04. The van der Waals surface area contributed by atoms with E-state index >= 15 is 0 Å². The van der Waals surface area contributed by atoms with Crippen molar-refractivity contribution in [3.63, 3.8) is 0 Å². The third-order valence-corrected chi connectivity index (χ3v) is 3.13. The maximum Gasteiger partial charge on any atom is -0.0184 e. The van der Waals surface area contributed by atoms with E-state index in [1.165, 1.54) is 42.4 Å². The molecule has 0 aliphatic carbocycles. The third kappa shape index (κ3) is 3.45. The molecule has 2 aromatic rings. The second kappa shape index (κ2) is 6.24. The summed E-state index contributed by atoms with van der Waals surface area (Å²) in [6.45, 7) is 2.25. The molecule has 17 heavy (non-hydrogen) atoms. The Labute approximate surface area is 104 Å². The largest absolute Gasteiger partial charge is 0.0654 e. The van der Waals surface area contributed by atoms with Crippen LogP contribution in [0.2, 0.25) is 0 Å². The Balaban J connectivity index is 2.03. The Bertz CT molecular complexity index is 425. The first-order chi connectivity index (χ1) is 8.40. The van der Waals surface area contributed by atoms with Crippen molar-refractivity contribution in [2.24, 2.45) is 0 Å². The maximum atomic E-state index is 2.26. The van der Waals surface area contributed by atoms with E-state index in [0.29, 0.717) is 0 Å². The number of hydrogen-bond acceptors (Lipinski definition) is 0. The van der Waals surface area contributed by atoms with Gasteiger partial charge < -0.3 is 0 Å². The number of unbranched alkanes of at least 4 members (excludes halogenated alkanes) is 2. The van der Waals surface area contributed by atoms with Gasteiger partial charge in [-0.2, -0.15) is 0 Å². The van der Waals surface area contributed by atoms with Crippen LogP contribution in [0.3, 0.4) is 0 Å². The van der Waals surface area contributed by atoms with Gasteiger partial charge in [0.15, 0.2) is 0 Å². The predicted octanol–water partition coefficient (Wildman–Crippen LogP) is 5.09. The Morgan fingerprint density at radius 3 is 2.00 bits per heavy atom. The molecule has 0 heteroatoms. The van der Waals surface area contributed by atoms with Crippen molar-refractivity contribution in [2.45, 2.75) is 32.6 Å². The molecule has 0 unspecified atom stereocenters. The molecule has 0 heterocycles. The maximum absolute atomic E-state index is 2.26. The number of hydrogen-bond donors (Lipinski definition) is 0. The molecule has 0 amide bonds. The molecule has 0 saturated carbocycles. The van der Waals surface area contributed by atoms with E-state index in [1.807, 2.05) is 0 Å². The van der Waals surface area contributed by atoms with E-state index in [0.717, 1.165) is 0 Å². The van der Waals surface area contributed by atoms with Crippen molar-refractivity contribution in [2.75, 3.05) is 0 Å². The first-order valence-electron chi connectivity index (χ1n) is 6.54. The van der Waals surface area contributed by atoms with Crippen LogP contribution in [-0.4, -0.2) is 0 Å². The molecule has 0 fully saturated rings. The summed E-state index contributed by atoms with van der Waals surface area (Å²) in [4.78, 5) is 0. The van der Waals surface area contributed by atoms with Gasteiger partial charge in [0, 0.05) is 0 Å². The topological polar surface area (TPSA) is 0 Å². The summed E-state index contributed by atoms with van der Waals surface area (Å²) < 4.78 is 0. The van der Waals surface area contributed by atoms with Gasteiger partial charge in [0.05, 0.1) is 0 Å². The van der Waals surface area contributed by atoms with Crippen molar-refractivity contribution in [3.05, 3.63) is 60.2 Å². The monoisotopic (exact) mass is 224 g/mol. The standard InChI is InChI=1S/C17H20/c1-2-3-5-8-15-11-13-17(14-12-15)16-9-6-4-7-10-16/h4,6-7,9-14H,2-3,5,8H2,1H3. The lowest BCUT2D eigenvalue weighted by atomic mass is 10.0. The minimum Gasteiger partial charge on any atom is -0.0654 e. The molecular formula is C17H20. The van der Waals surface area contributed by atoms with E-state index in [-0.39, 0.29) is 0 Å². The highest BCUT2D eigenvalue weighted by atomic mass is 14.0. The van der Waals surface area contributed by atoms with Gasteiger partial charge in [0.25, 0.3) is 0 Å². The molecular weight excluding hydrogens is 204 g/mol. The summed E-state index contributed by atoms with van der Waals surface area (Å²) in [5.41, 5.74) is 4.07. The first kappa shape index (κ1) is 11.9. The second-order valence-corrected chi connectivity index (χ2v) is 4.52. The molecule has 0 atom stereocenters. The summed E-state index contributed by atoms with van der Waals surface area (Å²) in [5, 5.41) is 0. The molecule has 0 spiro atoms. The van der Waals surface area contributed by atoms with Crippen molar-refractivity contribution in [1.29, 1.82) is 0 Å². The summed E-state index contributed by atoms with van der Waals surface area (Å²) in [6.07, 6.45) is 5.15. The first-order valence-corrected chi connectivity index (χ1v) is 6.54. The van der Waals surface area contributed by atoms with Gasteiger partial charge in [-0.3, -0.25) is 0 Å². The Morgan fingerprint density at radius 2 is 1.35 bits per heavy atom. The molecule has 0 aliphatic rings. The highest BCUT2D eigenvalue weighted by molar-refractivity contribution is 5.63. The zero-order valence-corrected chi connectivity index (χ0v) is 10.5. The Hall–Kier alpha value is -1.56. The molecule has 2 rings (SSSR count). The molecule has 0 saturated heterocycles. The fourth-order valence-electron chi connectivity index (χ4n) is 2.07. The van der Waals surface area contributed by atoms with Gasteiger partial charge in [0.2, 0.25) is 0 Å². The van der Waals surface area contributed by atoms with Crippen LogP contribution in [0.1, 0.15) is 31.7 Å². The number of aryl methyl sites for hydroxylation is 1. The zero-order valence-electron chi connectivity index (χ0n) is 10.5. The average molecular weight is 224 g/mol. The van der Waals surface area contributed by atoms with Crippen LogP contribution >= 0.6 is 0 Å². The van der Waals surface area contributed by atoms with Gasteiger partial charge in [-0.05, 0) is 29.5 Å². The SMILES string of the molecule is CCCCCc1ccc(-c2ccccc2)cc1. The smallest absolute Gasteiger partial charge is 0.0184 e. The van der Waals surface area contributed by atoms with Gasteiger partial charge in [-0.25, -0.2) is 0 Å². The number of benzene rings is 2. The van der Waals surface area contributed by atoms with E-state index in [4.69, 9.17) is 0 Å². The lowest BCUT2D eigenvalue weighted by molar-refractivity contribution is 0.717. The highest BCUT2D eigenvalue weighted by Gasteiger charge is 1.97. The summed E-state index contributed by atoms with van der Waals surface area (Å²) in [5.74, 6) is 0. The summed E-state index contributed by atoms with van der Waals surface area (Å²) in [7, 11) is 0. The molecule has 0 nitrogen and oxygen atoms in total. The molecule has 0 N–H and O–H groups in total. The van der Waals surface area contributed by atoms with E-state index in [2.05, 4.69) is 61.5 Å². The third-order valence-electron chi connectivity index (χ3n) is 3.13. The Morgan fingerprint density at radius 1 is 0.706 bits per heavy atom. The van der Waals surface area contributed by atoms with Crippen molar-refractivity contribution < 1.29 is 0 Å². The van der Waals surface area contributed by atoms with Crippen LogP contribution < -0.4 is 0 Å². The molecule has 0 radical (unpaired) electrons. The molecule has 0 aromatic heterocycles. The quantitative estimate of drug-likeness (QED) is 0.621. The van der Waals surface area contributed by atoms with Crippen LogP contribution in [0.15, 0.2) is 54.6 Å². The summed E-state index contributed by atoms with van der Waals surface area (Å²) in [6, 6.07) is 19.5. The van der Waals surface area contributed by atoms with E-state index < -0.39 is 0 Å². The normalized spacial score (nSPS) is 10.4. The Kier molecular flexibility index (Phi) is 4.37. The van der Waals surface area contributed by atoms with Gasteiger partial charge in [-0.15, -0.1) is 0 Å². The molecule has 0 bridgehead atoms. The van der Waals surface area contributed by atoms with Crippen molar-refractivity contribution in [1.82, 2.24) is 0 Å². The van der Waals surface area contributed by atoms with Crippen LogP contribution in [0.5, 0.6) is 0 Å². The lowest BCUT2D eigenvalue weighted by Crippen LogP contribution is -1.85. The molecule has 88 valence electrons. The van der Waals surface area contributed by atoms with E-state index in [9.17, 15) is 0 Å². The van der Waals surface area contributed by atoms with Crippen LogP contribution in [0.4, 0.5) is 0 Å². The van der Waals surface area contributed by atoms with Crippen LogP contribution in [0.25, 0.3) is 11.1 Å². The van der Waals surface area contributed by atoms with Crippen LogP contribution in [-0.2, 0) is 6.42 Å². The van der Waals surface area contributed by atoms with Crippen LogP contribution in [0, 0.1) is 0 Å². The predicted molar refractivity (Wildman–Crippen MR) is 75.1 cm³/mol. The minimum atomic E-state index is 1.21. The summed E-state index contributed by atoms with van der Waals surface area (Å²) >= 11 is 0. The zero-order chi connectivity index (χ0) is 11.9. The number of rotatable bonds is 5. The van der Waals surface area contributed by atoms with Crippen molar-refractivity contribution in [3.8, 4) is 11.1 Å². The highest BCUT2D eigenvalue weighted by Crippen LogP contribution is 2.19. The van der Waals surface area contributed by atoms with Gasteiger partial charge in [-0.1, -0.05) is 74.4 Å². The van der Waals surface area contributed by atoms with E-state index in [1.54, 1.807) is 0 Å². The van der Waals surface area contributed by atoms with Crippen molar-refractivity contribution >= 4 is 0 Å². The minimum absolute atomic E-state index is 1.21. The average Bonchev–Trinajstić information content (AvgIpc) is 2.41. The second-order valence-electron chi connectivity index (χ2n) is 4.52. The van der Waals surface area contributed by atoms with Gasteiger partial charge >= 0.3 is 0 Å². The van der Waals surface area contributed by atoms with Gasteiger partial charge in [0.1, 0.15) is 0 Å².